The Balaban J connectivity index is 1.45. The first-order valence-corrected chi connectivity index (χ1v) is 9.60. The molecule has 26 heavy (non-hydrogen) atoms. The van der Waals surface area contributed by atoms with Gasteiger partial charge in [0.15, 0.2) is 0 Å². The number of hydrogen-bond donors (Lipinski definition) is 2. The van der Waals surface area contributed by atoms with Gasteiger partial charge in [0.1, 0.15) is 5.69 Å². The number of amides is 2. The lowest BCUT2D eigenvalue weighted by Gasteiger charge is -2.11. The van der Waals surface area contributed by atoms with E-state index in [9.17, 15) is 9.59 Å². The van der Waals surface area contributed by atoms with Gasteiger partial charge < -0.3 is 15.4 Å². The second kappa shape index (κ2) is 7.17. The number of aromatic nitrogens is 1. The highest BCUT2D eigenvalue weighted by Crippen LogP contribution is 2.34. The van der Waals surface area contributed by atoms with Crippen molar-refractivity contribution in [2.75, 3.05) is 18.5 Å². The molecule has 0 aliphatic carbocycles. The van der Waals surface area contributed by atoms with Crippen LogP contribution in [-0.4, -0.2) is 35.0 Å². The number of nitrogens with zero attached hydrogens (tertiary/aromatic N) is 1. The molecular weight excluding hydrogens is 350 g/mol. The second-order valence-corrected chi connectivity index (χ2v) is 7.68. The normalized spacial score (nSPS) is 18.7. The molecule has 2 amide bonds. The number of rotatable bonds is 4. The number of benzene rings is 1. The molecule has 1 saturated heterocycles. The van der Waals surface area contributed by atoms with E-state index < -0.39 is 0 Å². The molecule has 6 nitrogen and oxygen atoms in total. The predicted molar refractivity (Wildman–Crippen MR) is 101 cm³/mol. The molecule has 4 rings (SSSR count). The lowest BCUT2D eigenvalue weighted by molar-refractivity contribution is 0.0906. The van der Waals surface area contributed by atoms with Crippen LogP contribution >= 0.6 is 11.9 Å². The van der Waals surface area contributed by atoms with Gasteiger partial charge in [-0.3, -0.25) is 13.6 Å². The average molecular weight is 371 g/mol. The summed E-state index contributed by atoms with van der Waals surface area (Å²) in [6, 6.07) is 7.26. The van der Waals surface area contributed by atoms with E-state index >= 15 is 0 Å². The molecule has 1 fully saturated rings. The van der Waals surface area contributed by atoms with Crippen LogP contribution in [0.25, 0.3) is 0 Å². The van der Waals surface area contributed by atoms with E-state index in [-0.39, 0.29) is 17.9 Å². The Morgan fingerprint density at radius 1 is 1.42 bits per heavy atom. The summed E-state index contributed by atoms with van der Waals surface area (Å²) in [5.41, 5.74) is 2.84. The Bertz CT molecular complexity index is 856. The fourth-order valence-electron chi connectivity index (χ4n) is 3.27. The minimum atomic E-state index is -0.166. The zero-order valence-corrected chi connectivity index (χ0v) is 15.4. The number of hydrogen-bond acceptors (Lipinski definition) is 4. The van der Waals surface area contributed by atoms with Gasteiger partial charge in [-0.05, 0) is 68.0 Å². The highest BCUT2D eigenvalue weighted by Gasteiger charge is 2.22. The van der Waals surface area contributed by atoms with Crippen LogP contribution in [0.4, 0.5) is 5.69 Å². The summed E-state index contributed by atoms with van der Waals surface area (Å²) in [5, 5.41) is 5.84. The van der Waals surface area contributed by atoms with Gasteiger partial charge in [-0.25, -0.2) is 0 Å². The third-order valence-electron chi connectivity index (χ3n) is 4.62. The smallest absolute Gasteiger partial charge is 0.273 e. The Morgan fingerprint density at radius 2 is 2.31 bits per heavy atom. The summed E-state index contributed by atoms with van der Waals surface area (Å²) < 4.78 is 7.43. The van der Waals surface area contributed by atoms with Gasteiger partial charge in [0.25, 0.3) is 11.8 Å². The summed E-state index contributed by atoms with van der Waals surface area (Å²) in [5.74, 6) is -0.301. The summed E-state index contributed by atoms with van der Waals surface area (Å²) in [6.07, 6.45) is 5.19. The Kier molecular flexibility index (Phi) is 4.74. The SMILES string of the molecule is Cc1cc2n(c1)Sc1ccc(C(=O)NCC[C@H]3CCCO3)cc1NC2=O. The molecule has 0 spiro atoms. The lowest BCUT2D eigenvalue weighted by Crippen LogP contribution is -2.27. The van der Waals surface area contributed by atoms with Crippen molar-refractivity contribution in [2.24, 2.45) is 0 Å². The summed E-state index contributed by atoms with van der Waals surface area (Å²) in [4.78, 5) is 25.7. The maximum absolute atomic E-state index is 12.4. The highest BCUT2D eigenvalue weighted by molar-refractivity contribution is 7.98. The van der Waals surface area contributed by atoms with Crippen molar-refractivity contribution in [2.45, 2.75) is 37.2 Å². The van der Waals surface area contributed by atoms with Crippen molar-refractivity contribution in [3.8, 4) is 0 Å². The number of aryl methyl sites for hydroxylation is 1. The maximum Gasteiger partial charge on any atom is 0.273 e. The summed E-state index contributed by atoms with van der Waals surface area (Å²) in [6.45, 7) is 3.37. The Morgan fingerprint density at radius 3 is 3.12 bits per heavy atom. The first-order chi connectivity index (χ1) is 12.6. The van der Waals surface area contributed by atoms with Crippen molar-refractivity contribution in [1.82, 2.24) is 9.29 Å². The van der Waals surface area contributed by atoms with Crippen LogP contribution in [0.1, 0.15) is 45.7 Å². The van der Waals surface area contributed by atoms with E-state index in [2.05, 4.69) is 10.6 Å². The number of nitrogens with one attached hydrogen (secondary N) is 2. The van der Waals surface area contributed by atoms with Crippen LogP contribution in [0, 0.1) is 6.92 Å². The third-order valence-corrected chi connectivity index (χ3v) is 5.67. The summed E-state index contributed by atoms with van der Waals surface area (Å²) in [7, 11) is 0. The molecule has 0 saturated carbocycles. The fraction of sp³-hybridized carbons (Fsp3) is 0.368. The Hall–Kier alpha value is -2.25. The topological polar surface area (TPSA) is 72.4 Å². The van der Waals surface area contributed by atoms with E-state index in [1.165, 1.54) is 11.9 Å². The fourth-order valence-corrected chi connectivity index (χ4v) is 4.28. The third kappa shape index (κ3) is 3.50. The molecular formula is C19H21N3O3S. The molecule has 136 valence electrons. The molecule has 7 heteroatoms. The largest absolute Gasteiger partial charge is 0.378 e. The molecule has 2 N–H and O–H groups in total. The van der Waals surface area contributed by atoms with Gasteiger partial charge in [-0.15, -0.1) is 0 Å². The van der Waals surface area contributed by atoms with Gasteiger partial charge >= 0.3 is 0 Å². The molecule has 1 atom stereocenters. The number of fused-ring (bicyclic) bond motifs is 2. The highest BCUT2D eigenvalue weighted by atomic mass is 32.2. The number of carbonyl (C=O) groups excluding carboxylic acids is 2. The number of ether oxygens (including phenoxy) is 1. The molecule has 3 heterocycles. The molecule has 0 radical (unpaired) electrons. The zero-order chi connectivity index (χ0) is 18.1. The first-order valence-electron chi connectivity index (χ1n) is 8.83. The number of carbonyl (C=O) groups is 2. The van der Waals surface area contributed by atoms with Crippen LogP contribution in [0.5, 0.6) is 0 Å². The number of anilines is 1. The second-order valence-electron chi connectivity index (χ2n) is 6.66. The van der Waals surface area contributed by atoms with Crippen LogP contribution < -0.4 is 10.6 Å². The minimum absolute atomic E-state index is 0.134. The standard InChI is InChI=1S/C19H21N3O3S/c1-12-9-16-19(24)21-15-10-13(4-5-17(15)26-22(16)11-12)18(23)20-7-6-14-3-2-8-25-14/h4-5,9-11,14H,2-3,6-8H2,1H3,(H,20,23)(H,21,24)/t14-/m1/s1. The van der Waals surface area contributed by atoms with E-state index in [0.29, 0.717) is 23.5 Å². The van der Waals surface area contributed by atoms with E-state index in [0.717, 1.165) is 36.3 Å². The molecule has 0 unspecified atom stereocenters. The van der Waals surface area contributed by atoms with E-state index in [4.69, 9.17) is 4.74 Å². The van der Waals surface area contributed by atoms with Crippen LogP contribution in [-0.2, 0) is 4.74 Å². The molecule has 0 bridgehead atoms. The molecule has 2 aromatic rings. The molecule has 2 aliphatic heterocycles. The van der Waals surface area contributed by atoms with Crippen molar-refractivity contribution >= 4 is 29.4 Å². The van der Waals surface area contributed by atoms with Crippen LogP contribution in [0.2, 0.25) is 0 Å². The lowest BCUT2D eigenvalue weighted by atomic mass is 10.1. The molecule has 1 aromatic heterocycles. The summed E-state index contributed by atoms with van der Waals surface area (Å²) >= 11 is 1.47. The monoisotopic (exact) mass is 371 g/mol. The van der Waals surface area contributed by atoms with Gasteiger partial charge in [0.2, 0.25) is 0 Å². The van der Waals surface area contributed by atoms with Crippen molar-refractivity contribution in [1.29, 1.82) is 0 Å². The quantitative estimate of drug-likeness (QED) is 0.866. The van der Waals surface area contributed by atoms with Crippen molar-refractivity contribution in [3.63, 3.8) is 0 Å². The predicted octanol–water partition coefficient (Wildman–Crippen LogP) is 3.22. The maximum atomic E-state index is 12.4. The van der Waals surface area contributed by atoms with Crippen LogP contribution in [0.3, 0.4) is 0 Å². The van der Waals surface area contributed by atoms with Crippen LogP contribution in [0.15, 0.2) is 35.4 Å². The average Bonchev–Trinajstić information content (AvgIpc) is 3.23. The van der Waals surface area contributed by atoms with E-state index in [1.807, 2.05) is 29.2 Å². The van der Waals surface area contributed by atoms with Crippen molar-refractivity contribution < 1.29 is 14.3 Å². The minimum Gasteiger partial charge on any atom is -0.378 e. The first kappa shape index (κ1) is 17.2. The molecule has 1 aromatic carbocycles. The van der Waals surface area contributed by atoms with E-state index in [1.54, 1.807) is 12.1 Å². The molecule has 2 aliphatic rings. The van der Waals surface area contributed by atoms with Crippen molar-refractivity contribution in [3.05, 3.63) is 47.3 Å². The van der Waals surface area contributed by atoms with Gasteiger partial charge in [0.05, 0.1) is 16.7 Å². The van der Waals surface area contributed by atoms with Gasteiger partial charge in [-0.1, -0.05) is 0 Å². The van der Waals surface area contributed by atoms with Gasteiger partial charge in [-0.2, -0.15) is 0 Å². The zero-order valence-electron chi connectivity index (χ0n) is 14.6. The Labute approximate surface area is 156 Å². The van der Waals surface area contributed by atoms with Gasteiger partial charge in [0, 0.05) is 24.9 Å².